The number of rotatable bonds is 8. The maximum Gasteiger partial charge on any atom is 0.408 e. The summed E-state index contributed by atoms with van der Waals surface area (Å²) in [7, 11) is 0. The Morgan fingerprint density at radius 2 is 1.79 bits per heavy atom. The van der Waals surface area contributed by atoms with Gasteiger partial charge < -0.3 is 25.0 Å². The van der Waals surface area contributed by atoms with Crippen molar-refractivity contribution in [3.8, 4) is 0 Å². The van der Waals surface area contributed by atoms with E-state index in [0.29, 0.717) is 24.5 Å². The van der Waals surface area contributed by atoms with Gasteiger partial charge in [0, 0.05) is 42.7 Å². The predicted octanol–water partition coefficient (Wildman–Crippen LogP) is 2.35. The van der Waals surface area contributed by atoms with Gasteiger partial charge in [-0.15, -0.1) is 0 Å². The second kappa shape index (κ2) is 11.6. The van der Waals surface area contributed by atoms with Gasteiger partial charge >= 0.3 is 6.09 Å². The van der Waals surface area contributed by atoms with Gasteiger partial charge in [0.2, 0.25) is 5.91 Å². The number of morpholine rings is 1. The number of benzene rings is 1. The van der Waals surface area contributed by atoms with E-state index in [2.05, 4.69) is 20.5 Å². The molecule has 0 radical (unpaired) electrons. The van der Waals surface area contributed by atoms with Gasteiger partial charge in [0.25, 0.3) is 0 Å². The third kappa shape index (κ3) is 7.84. The highest BCUT2D eigenvalue weighted by Gasteiger charge is 2.25. The summed E-state index contributed by atoms with van der Waals surface area (Å²) in [4.78, 5) is 44.2. The molecule has 1 saturated heterocycles. The summed E-state index contributed by atoms with van der Waals surface area (Å²) in [6.07, 6.45) is 1.06. The van der Waals surface area contributed by atoms with E-state index in [9.17, 15) is 14.4 Å². The van der Waals surface area contributed by atoms with Crippen LogP contribution in [-0.2, 0) is 20.7 Å². The van der Waals surface area contributed by atoms with Crippen molar-refractivity contribution in [1.29, 1.82) is 0 Å². The van der Waals surface area contributed by atoms with Crippen molar-refractivity contribution in [2.24, 2.45) is 0 Å². The normalized spacial score (nSPS) is 14.7. The molecule has 1 aliphatic rings. The van der Waals surface area contributed by atoms with Crippen molar-refractivity contribution in [1.82, 2.24) is 15.6 Å². The first kappa shape index (κ1) is 25.2. The molecule has 1 aliphatic heterocycles. The number of carbonyl (C=O) groups is 3. The van der Waals surface area contributed by atoms with Crippen molar-refractivity contribution < 1.29 is 23.9 Å². The zero-order valence-electron chi connectivity index (χ0n) is 19.9. The van der Waals surface area contributed by atoms with Crippen LogP contribution in [0.15, 0.2) is 48.7 Å². The van der Waals surface area contributed by atoms with Crippen LogP contribution in [-0.4, -0.2) is 67.3 Å². The van der Waals surface area contributed by atoms with Crippen LogP contribution in [0.2, 0.25) is 0 Å². The van der Waals surface area contributed by atoms with Gasteiger partial charge in [-0.05, 0) is 57.2 Å². The fourth-order valence-corrected chi connectivity index (χ4v) is 3.46. The second-order valence-electron chi connectivity index (χ2n) is 9.01. The number of nitrogens with one attached hydrogen (secondary N) is 2. The van der Waals surface area contributed by atoms with Crippen LogP contribution in [0.5, 0.6) is 0 Å². The van der Waals surface area contributed by atoms with E-state index in [4.69, 9.17) is 9.47 Å². The van der Waals surface area contributed by atoms with Gasteiger partial charge in [0.15, 0.2) is 5.78 Å². The van der Waals surface area contributed by atoms with Crippen LogP contribution in [0.25, 0.3) is 0 Å². The van der Waals surface area contributed by atoms with E-state index in [1.165, 1.54) is 0 Å². The molecule has 1 atom stereocenters. The van der Waals surface area contributed by atoms with Crippen LogP contribution in [0.3, 0.4) is 0 Å². The molecule has 2 N–H and O–H groups in total. The van der Waals surface area contributed by atoms with Gasteiger partial charge in [0.05, 0.1) is 19.8 Å². The fraction of sp³-hybridized carbons (Fsp3) is 0.440. The molecule has 2 aromatic rings. The topological polar surface area (TPSA) is 110 Å². The lowest BCUT2D eigenvalue weighted by Gasteiger charge is -2.28. The van der Waals surface area contributed by atoms with E-state index in [1.807, 2.05) is 12.1 Å². The van der Waals surface area contributed by atoms with Gasteiger partial charge in [-0.1, -0.05) is 6.07 Å². The Bertz CT molecular complexity index is 967. The van der Waals surface area contributed by atoms with E-state index in [0.717, 1.165) is 18.8 Å². The van der Waals surface area contributed by atoms with Crippen molar-refractivity contribution in [3.63, 3.8) is 0 Å². The third-order valence-electron chi connectivity index (χ3n) is 5.14. The van der Waals surface area contributed by atoms with Gasteiger partial charge in [0.1, 0.15) is 11.6 Å². The zero-order chi connectivity index (χ0) is 24.6. The molecule has 0 saturated carbocycles. The number of hydrogen-bond acceptors (Lipinski definition) is 7. The first-order chi connectivity index (χ1) is 16.2. The number of amides is 2. The summed E-state index contributed by atoms with van der Waals surface area (Å²) in [5.41, 5.74) is 1.45. The Morgan fingerprint density at radius 3 is 2.41 bits per heavy atom. The van der Waals surface area contributed by atoms with Crippen molar-refractivity contribution in [3.05, 3.63) is 59.9 Å². The minimum absolute atomic E-state index is 0.161. The summed E-state index contributed by atoms with van der Waals surface area (Å²) in [5.74, 6) is -0.717. The van der Waals surface area contributed by atoms with Crippen LogP contribution in [0.1, 0.15) is 36.8 Å². The van der Waals surface area contributed by atoms with E-state index in [-0.39, 0.29) is 18.7 Å². The zero-order valence-corrected chi connectivity index (χ0v) is 19.9. The average molecular weight is 469 g/mol. The Kier molecular flexibility index (Phi) is 8.59. The minimum Gasteiger partial charge on any atom is -0.444 e. The van der Waals surface area contributed by atoms with E-state index in [1.54, 1.807) is 57.3 Å². The van der Waals surface area contributed by atoms with Crippen molar-refractivity contribution in [2.45, 2.75) is 38.8 Å². The molecule has 9 nitrogen and oxygen atoms in total. The van der Waals surface area contributed by atoms with Crippen LogP contribution < -0.4 is 15.5 Å². The molecule has 1 aromatic heterocycles. The Balaban J connectivity index is 1.59. The lowest BCUT2D eigenvalue weighted by Crippen LogP contribution is -2.50. The quantitative estimate of drug-likeness (QED) is 0.572. The molecule has 1 aromatic carbocycles. The number of hydrogen-bond donors (Lipinski definition) is 2. The lowest BCUT2D eigenvalue weighted by molar-refractivity contribution is -0.123. The van der Waals surface area contributed by atoms with Crippen LogP contribution in [0, 0.1) is 0 Å². The van der Waals surface area contributed by atoms with Crippen LogP contribution in [0.4, 0.5) is 10.5 Å². The van der Waals surface area contributed by atoms with E-state index >= 15 is 0 Å². The van der Waals surface area contributed by atoms with Gasteiger partial charge in [-0.2, -0.15) is 0 Å². The Labute approximate surface area is 199 Å². The Hall–Kier alpha value is -3.46. The number of alkyl carbamates (subject to hydrolysis) is 1. The molecule has 0 bridgehead atoms. The molecular weight excluding hydrogens is 436 g/mol. The highest BCUT2D eigenvalue weighted by atomic mass is 16.6. The number of ether oxygens (including phenoxy) is 2. The van der Waals surface area contributed by atoms with E-state index < -0.39 is 23.6 Å². The fourth-order valence-electron chi connectivity index (χ4n) is 3.46. The molecular formula is C25H32N4O5. The average Bonchev–Trinajstić information content (AvgIpc) is 2.82. The third-order valence-corrected chi connectivity index (χ3v) is 5.14. The highest BCUT2D eigenvalue weighted by Crippen LogP contribution is 2.17. The monoisotopic (exact) mass is 468 g/mol. The first-order valence-corrected chi connectivity index (χ1v) is 11.3. The second-order valence-corrected chi connectivity index (χ2v) is 9.01. The number of anilines is 1. The number of aromatic nitrogens is 1. The highest BCUT2D eigenvalue weighted by molar-refractivity contribution is 6.00. The molecule has 2 amide bonds. The summed E-state index contributed by atoms with van der Waals surface area (Å²) in [6.45, 7) is 8.02. The summed E-state index contributed by atoms with van der Waals surface area (Å²) >= 11 is 0. The molecule has 34 heavy (non-hydrogen) atoms. The molecule has 182 valence electrons. The summed E-state index contributed by atoms with van der Waals surface area (Å²) < 4.78 is 10.7. The van der Waals surface area contributed by atoms with Gasteiger partial charge in [-0.25, -0.2) is 4.79 Å². The number of carbonyl (C=O) groups excluding carboxylic acids is 3. The first-order valence-electron chi connectivity index (χ1n) is 11.3. The van der Waals surface area contributed by atoms with Crippen molar-refractivity contribution >= 4 is 23.5 Å². The number of pyridine rings is 1. The van der Waals surface area contributed by atoms with Crippen LogP contribution >= 0.6 is 0 Å². The number of nitrogens with zero attached hydrogens (tertiary/aromatic N) is 2. The summed E-state index contributed by atoms with van der Waals surface area (Å²) in [5, 5.41) is 5.22. The number of Topliss-reactive ketones (excluding diaryl/α,β-unsaturated/α-hetero) is 1. The molecule has 0 unspecified atom stereocenters. The standard InChI is InChI=1S/C25H32N4O5/c1-25(2,3)34-24(32)28-21(16-19-6-4-5-11-26-19)23(31)27-17-22(30)18-7-9-20(10-8-18)29-12-14-33-15-13-29/h4-11,21H,12-17H2,1-3H3,(H,27,31)(H,28,32)/t21-/m0/s1. The van der Waals surface area contributed by atoms with Gasteiger partial charge in [-0.3, -0.25) is 14.6 Å². The van der Waals surface area contributed by atoms with Crippen molar-refractivity contribution in [2.75, 3.05) is 37.7 Å². The molecule has 0 aliphatic carbocycles. The Morgan fingerprint density at radius 1 is 1.09 bits per heavy atom. The molecule has 0 spiro atoms. The summed E-state index contributed by atoms with van der Waals surface area (Å²) in [6, 6.07) is 11.7. The molecule has 2 heterocycles. The predicted molar refractivity (Wildman–Crippen MR) is 128 cm³/mol. The molecule has 9 heteroatoms. The lowest BCUT2D eigenvalue weighted by atomic mass is 10.1. The SMILES string of the molecule is CC(C)(C)OC(=O)N[C@@H](Cc1ccccn1)C(=O)NCC(=O)c1ccc(N2CCOCC2)cc1. The molecule has 3 rings (SSSR count). The largest absolute Gasteiger partial charge is 0.444 e. The minimum atomic E-state index is -0.943. The maximum absolute atomic E-state index is 12.9. The maximum atomic E-state index is 12.9. The smallest absolute Gasteiger partial charge is 0.408 e. The molecule has 1 fully saturated rings. The number of ketones is 1.